The SMILES string of the molecule is CCOc1ccccc1OCc1cccc(C#CCN)c1. The fraction of sp³-hybridized carbons (Fsp3) is 0.222. The van der Waals surface area contributed by atoms with Crippen molar-refractivity contribution < 1.29 is 9.47 Å². The number of hydrogen-bond acceptors (Lipinski definition) is 3. The van der Waals surface area contributed by atoms with E-state index in [0.717, 1.165) is 22.6 Å². The predicted molar refractivity (Wildman–Crippen MR) is 84.3 cm³/mol. The summed E-state index contributed by atoms with van der Waals surface area (Å²) in [6.07, 6.45) is 0. The first kappa shape index (κ1) is 15.0. The second-order valence-electron chi connectivity index (χ2n) is 4.37. The molecule has 108 valence electrons. The van der Waals surface area contributed by atoms with Crippen molar-refractivity contribution in [3.05, 3.63) is 59.7 Å². The topological polar surface area (TPSA) is 44.5 Å². The largest absolute Gasteiger partial charge is 0.490 e. The zero-order valence-electron chi connectivity index (χ0n) is 12.1. The molecule has 0 spiro atoms. The Bertz CT molecular complexity index is 641. The predicted octanol–water partition coefficient (Wildman–Crippen LogP) is 2.97. The second-order valence-corrected chi connectivity index (χ2v) is 4.37. The molecule has 0 fully saturated rings. The van der Waals surface area contributed by atoms with Crippen LogP contribution in [0.15, 0.2) is 48.5 Å². The van der Waals surface area contributed by atoms with E-state index in [1.165, 1.54) is 0 Å². The highest BCUT2D eigenvalue weighted by Crippen LogP contribution is 2.27. The molecule has 0 saturated heterocycles. The third-order valence-electron chi connectivity index (χ3n) is 2.81. The number of nitrogens with two attached hydrogens (primary N) is 1. The quantitative estimate of drug-likeness (QED) is 0.857. The average Bonchev–Trinajstić information content (AvgIpc) is 2.53. The Morgan fingerprint density at radius 1 is 1.00 bits per heavy atom. The molecule has 0 saturated carbocycles. The summed E-state index contributed by atoms with van der Waals surface area (Å²) in [5, 5.41) is 0. The third-order valence-corrected chi connectivity index (χ3v) is 2.81. The highest BCUT2D eigenvalue weighted by atomic mass is 16.5. The Kier molecular flexibility index (Phi) is 5.69. The van der Waals surface area contributed by atoms with E-state index >= 15 is 0 Å². The van der Waals surface area contributed by atoms with Gasteiger partial charge in [0.05, 0.1) is 13.2 Å². The first-order valence-corrected chi connectivity index (χ1v) is 6.96. The molecule has 0 aliphatic carbocycles. The van der Waals surface area contributed by atoms with E-state index < -0.39 is 0 Å². The molecule has 2 rings (SSSR count). The fourth-order valence-electron chi connectivity index (χ4n) is 1.90. The van der Waals surface area contributed by atoms with Crippen molar-refractivity contribution in [1.29, 1.82) is 0 Å². The lowest BCUT2D eigenvalue weighted by atomic mass is 10.1. The van der Waals surface area contributed by atoms with Gasteiger partial charge in [-0.3, -0.25) is 0 Å². The van der Waals surface area contributed by atoms with Crippen LogP contribution < -0.4 is 15.2 Å². The Morgan fingerprint density at radius 3 is 2.48 bits per heavy atom. The smallest absolute Gasteiger partial charge is 0.161 e. The van der Waals surface area contributed by atoms with Crippen LogP contribution in [-0.2, 0) is 6.61 Å². The van der Waals surface area contributed by atoms with Crippen LogP contribution in [0.25, 0.3) is 0 Å². The lowest BCUT2D eigenvalue weighted by Gasteiger charge is -2.11. The van der Waals surface area contributed by atoms with Gasteiger partial charge >= 0.3 is 0 Å². The van der Waals surface area contributed by atoms with Crippen molar-refractivity contribution in [3.63, 3.8) is 0 Å². The summed E-state index contributed by atoms with van der Waals surface area (Å²) < 4.78 is 11.4. The zero-order valence-corrected chi connectivity index (χ0v) is 12.1. The van der Waals surface area contributed by atoms with E-state index in [1.807, 2.05) is 55.5 Å². The van der Waals surface area contributed by atoms with Crippen molar-refractivity contribution in [2.45, 2.75) is 13.5 Å². The summed E-state index contributed by atoms with van der Waals surface area (Å²) in [5.41, 5.74) is 7.39. The summed E-state index contributed by atoms with van der Waals surface area (Å²) in [7, 11) is 0. The molecule has 3 heteroatoms. The first-order chi connectivity index (χ1) is 10.3. The summed E-state index contributed by atoms with van der Waals surface area (Å²) in [6.45, 7) is 3.41. The van der Waals surface area contributed by atoms with Crippen LogP contribution in [-0.4, -0.2) is 13.2 Å². The lowest BCUT2D eigenvalue weighted by Crippen LogP contribution is -1.99. The van der Waals surface area contributed by atoms with E-state index in [1.54, 1.807) is 0 Å². The van der Waals surface area contributed by atoms with Crippen LogP contribution >= 0.6 is 0 Å². The van der Waals surface area contributed by atoms with Crippen LogP contribution in [0.2, 0.25) is 0 Å². The number of hydrogen-bond donors (Lipinski definition) is 1. The van der Waals surface area contributed by atoms with Crippen molar-refractivity contribution in [2.24, 2.45) is 5.73 Å². The Balaban J connectivity index is 2.06. The standard InChI is InChI=1S/C18H19NO2/c1-2-20-17-10-3-4-11-18(17)21-14-16-8-5-7-15(13-16)9-6-12-19/h3-5,7-8,10-11,13H,2,12,14,19H2,1H3. The van der Waals surface area contributed by atoms with E-state index in [2.05, 4.69) is 11.8 Å². The van der Waals surface area contributed by atoms with E-state index in [9.17, 15) is 0 Å². The number of rotatable bonds is 5. The van der Waals surface area contributed by atoms with Gasteiger partial charge in [-0.2, -0.15) is 0 Å². The monoisotopic (exact) mass is 281 g/mol. The van der Waals surface area contributed by atoms with E-state index in [4.69, 9.17) is 15.2 Å². The van der Waals surface area contributed by atoms with Crippen LogP contribution in [0.1, 0.15) is 18.1 Å². The summed E-state index contributed by atoms with van der Waals surface area (Å²) in [5.74, 6) is 7.38. The van der Waals surface area contributed by atoms with Gasteiger partial charge in [-0.15, -0.1) is 0 Å². The minimum Gasteiger partial charge on any atom is -0.490 e. The molecule has 0 amide bonds. The minimum atomic E-state index is 0.364. The van der Waals surface area contributed by atoms with Crippen molar-refractivity contribution >= 4 is 0 Å². The number of ether oxygens (including phenoxy) is 2. The highest BCUT2D eigenvalue weighted by molar-refractivity contribution is 5.40. The molecule has 3 nitrogen and oxygen atoms in total. The fourth-order valence-corrected chi connectivity index (χ4v) is 1.90. The Morgan fingerprint density at radius 2 is 1.76 bits per heavy atom. The van der Waals surface area contributed by atoms with Gasteiger partial charge in [-0.1, -0.05) is 36.1 Å². The molecule has 21 heavy (non-hydrogen) atoms. The molecule has 2 aromatic carbocycles. The maximum atomic E-state index is 5.84. The molecule has 0 radical (unpaired) electrons. The third kappa shape index (κ3) is 4.55. The van der Waals surface area contributed by atoms with Gasteiger partial charge < -0.3 is 15.2 Å². The van der Waals surface area contributed by atoms with Crippen LogP contribution in [0.5, 0.6) is 11.5 Å². The summed E-state index contributed by atoms with van der Waals surface area (Å²) in [6, 6.07) is 15.6. The Labute approximate surface area is 125 Å². The number of benzene rings is 2. The minimum absolute atomic E-state index is 0.364. The zero-order chi connectivity index (χ0) is 14.9. The average molecular weight is 281 g/mol. The van der Waals surface area contributed by atoms with Crippen LogP contribution in [0.3, 0.4) is 0 Å². The molecule has 0 aliphatic rings. The van der Waals surface area contributed by atoms with Crippen LogP contribution in [0.4, 0.5) is 0 Å². The Hall–Kier alpha value is -2.44. The highest BCUT2D eigenvalue weighted by Gasteiger charge is 2.04. The van der Waals surface area contributed by atoms with Gasteiger partial charge in [-0.05, 0) is 36.8 Å². The molecule has 0 bridgehead atoms. The molecule has 0 heterocycles. The van der Waals surface area contributed by atoms with Crippen molar-refractivity contribution in [1.82, 2.24) is 0 Å². The molecule has 0 aliphatic heterocycles. The van der Waals surface area contributed by atoms with Gasteiger partial charge in [0, 0.05) is 5.56 Å². The molecule has 0 aromatic heterocycles. The molecule has 2 N–H and O–H groups in total. The van der Waals surface area contributed by atoms with Gasteiger partial charge in [0.1, 0.15) is 6.61 Å². The maximum absolute atomic E-state index is 5.84. The van der Waals surface area contributed by atoms with Crippen LogP contribution in [0, 0.1) is 11.8 Å². The van der Waals surface area contributed by atoms with Gasteiger partial charge in [0.15, 0.2) is 11.5 Å². The summed E-state index contributed by atoms with van der Waals surface area (Å²) in [4.78, 5) is 0. The first-order valence-electron chi connectivity index (χ1n) is 6.96. The second kappa shape index (κ2) is 7.98. The van der Waals surface area contributed by atoms with Crippen molar-refractivity contribution in [3.8, 4) is 23.3 Å². The molecule has 0 atom stereocenters. The maximum Gasteiger partial charge on any atom is 0.161 e. The number of para-hydroxylation sites is 2. The molecular weight excluding hydrogens is 262 g/mol. The molecule has 0 unspecified atom stereocenters. The van der Waals surface area contributed by atoms with Gasteiger partial charge in [0.2, 0.25) is 0 Å². The van der Waals surface area contributed by atoms with Crippen molar-refractivity contribution in [2.75, 3.05) is 13.2 Å². The molecular formula is C18H19NO2. The van der Waals surface area contributed by atoms with Gasteiger partial charge in [0.25, 0.3) is 0 Å². The summed E-state index contributed by atoms with van der Waals surface area (Å²) >= 11 is 0. The lowest BCUT2D eigenvalue weighted by molar-refractivity contribution is 0.269. The van der Waals surface area contributed by atoms with E-state index in [0.29, 0.717) is 19.8 Å². The van der Waals surface area contributed by atoms with Gasteiger partial charge in [-0.25, -0.2) is 0 Å². The van der Waals surface area contributed by atoms with E-state index in [-0.39, 0.29) is 0 Å². The normalized spacial score (nSPS) is 9.62. The molecule has 2 aromatic rings.